The molecule has 1 unspecified atom stereocenters. The molecule has 1 aliphatic heterocycles. The monoisotopic (exact) mass is 269 g/mol. The second-order valence-corrected chi connectivity index (χ2v) is 6.44. The summed E-state index contributed by atoms with van der Waals surface area (Å²) in [4.78, 5) is 27.8. The van der Waals surface area contributed by atoms with Gasteiger partial charge in [-0.3, -0.25) is 9.59 Å². The summed E-state index contributed by atoms with van der Waals surface area (Å²) in [6.45, 7) is 10.2. The number of hydrogen-bond acceptors (Lipinski definition) is 3. The molecule has 2 amide bonds. The molecule has 0 aromatic heterocycles. The van der Waals surface area contributed by atoms with Gasteiger partial charge in [0.1, 0.15) is 0 Å². The van der Waals surface area contributed by atoms with Crippen LogP contribution in [0.1, 0.15) is 40.5 Å². The summed E-state index contributed by atoms with van der Waals surface area (Å²) in [7, 11) is 0. The Balaban J connectivity index is 2.41. The minimum atomic E-state index is -0.346. The van der Waals surface area contributed by atoms with Gasteiger partial charge in [-0.15, -0.1) is 0 Å². The largest absolute Gasteiger partial charge is 0.339 e. The summed E-state index contributed by atoms with van der Waals surface area (Å²) in [5, 5.41) is 0. The average Bonchev–Trinajstić information content (AvgIpc) is 2.34. The van der Waals surface area contributed by atoms with E-state index < -0.39 is 0 Å². The van der Waals surface area contributed by atoms with Crippen molar-refractivity contribution in [3.63, 3.8) is 0 Å². The summed E-state index contributed by atoms with van der Waals surface area (Å²) >= 11 is 0. The van der Waals surface area contributed by atoms with Crippen LogP contribution in [0, 0.1) is 5.41 Å². The highest BCUT2D eigenvalue weighted by Gasteiger charge is 2.30. The maximum Gasteiger partial charge on any atom is 0.228 e. The molecule has 2 N–H and O–H groups in total. The van der Waals surface area contributed by atoms with Crippen molar-refractivity contribution in [3.8, 4) is 0 Å². The molecule has 0 aliphatic carbocycles. The molecule has 1 saturated heterocycles. The second kappa shape index (κ2) is 6.37. The summed E-state index contributed by atoms with van der Waals surface area (Å²) in [5.41, 5.74) is 5.31. The Morgan fingerprint density at radius 1 is 1.11 bits per heavy atom. The molecule has 1 rings (SSSR count). The fourth-order valence-electron chi connectivity index (χ4n) is 2.14. The number of hydrogen-bond donors (Lipinski definition) is 1. The Labute approximate surface area is 116 Å². The first-order valence-corrected chi connectivity index (χ1v) is 7.04. The van der Waals surface area contributed by atoms with E-state index >= 15 is 0 Å². The highest BCUT2D eigenvalue weighted by atomic mass is 16.2. The van der Waals surface area contributed by atoms with Gasteiger partial charge >= 0.3 is 0 Å². The third kappa shape index (κ3) is 4.82. The first-order valence-electron chi connectivity index (χ1n) is 7.04. The molecule has 0 aromatic rings. The number of carbonyl (C=O) groups is 2. The molecular formula is C14H27N3O2. The van der Waals surface area contributed by atoms with Crippen molar-refractivity contribution >= 4 is 11.8 Å². The topological polar surface area (TPSA) is 66.6 Å². The number of nitrogens with zero attached hydrogens (tertiary/aromatic N) is 2. The van der Waals surface area contributed by atoms with Crippen LogP contribution in [-0.2, 0) is 9.59 Å². The van der Waals surface area contributed by atoms with E-state index in [9.17, 15) is 9.59 Å². The van der Waals surface area contributed by atoms with Gasteiger partial charge in [-0.2, -0.15) is 0 Å². The highest BCUT2D eigenvalue weighted by molar-refractivity contribution is 5.82. The van der Waals surface area contributed by atoms with Gasteiger partial charge in [-0.25, -0.2) is 0 Å². The highest BCUT2D eigenvalue weighted by Crippen LogP contribution is 2.18. The van der Waals surface area contributed by atoms with E-state index in [4.69, 9.17) is 5.73 Å². The Bertz CT molecular complexity index is 326. The number of rotatable bonds is 3. The van der Waals surface area contributed by atoms with E-state index in [2.05, 4.69) is 0 Å². The van der Waals surface area contributed by atoms with Gasteiger partial charge < -0.3 is 15.5 Å². The number of amides is 2. The molecule has 1 aliphatic rings. The van der Waals surface area contributed by atoms with Crippen LogP contribution in [0.4, 0.5) is 0 Å². The van der Waals surface area contributed by atoms with Crippen molar-refractivity contribution in [2.24, 2.45) is 11.1 Å². The van der Waals surface area contributed by atoms with Crippen LogP contribution in [0.3, 0.4) is 0 Å². The van der Waals surface area contributed by atoms with E-state index in [1.54, 1.807) is 0 Å². The fourth-order valence-corrected chi connectivity index (χ4v) is 2.14. The third-order valence-corrected chi connectivity index (χ3v) is 3.37. The van der Waals surface area contributed by atoms with Crippen LogP contribution < -0.4 is 5.73 Å². The Morgan fingerprint density at radius 2 is 1.58 bits per heavy atom. The number of carbonyl (C=O) groups excluding carboxylic acids is 2. The molecule has 0 bridgehead atoms. The van der Waals surface area contributed by atoms with E-state index in [0.29, 0.717) is 32.6 Å². The first-order chi connectivity index (χ1) is 8.71. The van der Waals surface area contributed by atoms with E-state index in [1.165, 1.54) is 0 Å². The molecule has 1 atom stereocenters. The van der Waals surface area contributed by atoms with E-state index in [1.807, 2.05) is 37.5 Å². The van der Waals surface area contributed by atoms with Crippen LogP contribution in [-0.4, -0.2) is 53.8 Å². The summed E-state index contributed by atoms with van der Waals surface area (Å²) in [6, 6.07) is 0.0627. The van der Waals surface area contributed by atoms with Crippen molar-refractivity contribution in [1.82, 2.24) is 9.80 Å². The summed E-state index contributed by atoms with van der Waals surface area (Å²) in [5.74, 6) is 0.315. The Morgan fingerprint density at radius 3 is 2.00 bits per heavy atom. The zero-order valence-electron chi connectivity index (χ0n) is 12.6. The van der Waals surface area contributed by atoms with Crippen molar-refractivity contribution in [1.29, 1.82) is 0 Å². The minimum absolute atomic E-state index is 0.0627. The zero-order chi connectivity index (χ0) is 14.6. The normalized spacial score (nSPS) is 18.4. The van der Waals surface area contributed by atoms with Crippen LogP contribution >= 0.6 is 0 Å². The molecule has 1 heterocycles. The fraction of sp³-hybridized carbons (Fsp3) is 0.857. The lowest BCUT2D eigenvalue weighted by molar-refractivity contribution is -0.145. The number of piperazine rings is 1. The van der Waals surface area contributed by atoms with Crippen LogP contribution in [0.2, 0.25) is 0 Å². The Kier molecular flexibility index (Phi) is 5.35. The predicted molar refractivity (Wildman–Crippen MR) is 75.5 cm³/mol. The van der Waals surface area contributed by atoms with Crippen molar-refractivity contribution in [3.05, 3.63) is 0 Å². The molecule has 19 heavy (non-hydrogen) atoms. The van der Waals surface area contributed by atoms with Gasteiger partial charge in [0.2, 0.25) is 11.8 Å². The van der Waals surface area contributed by atoms with Crippen molar-refractivity contribution in [2.75, 3.05) is 26.2 Å². The SMILES string of the molecule is CC(N)CCC(=O)N1CCN(C(=O)C(C)(C)C)CC1. The van der Waals surface area contributed by atoms with Gasteiger partial charge in [0.05, 0.1) is 0 Å². The van der Waals surface area contributed by atoms with E-state index in [-0.39, 0.29) is 23.3 Å². The quantitative estimate of drug-likeness (QED) is 0.825. The van der Waals surface area contributed by atoms with E-state index in [0.717, 1.165) is 6.42 Å². The van der Waals surface area contributed by atoms with Crippen molar-refractivity contribution < 1.29 is 9.59 Å². The Hall–Kier alpha value is -1.10. The molecule has 5 heteroatoms. The van der Waals surface area contributed by atoms with Gasteiger partial charge in [-0.1, -0.05) is 20.8 Å². The molecule has 0 radical (unpaired) electrons. The molecule has 0 spiro atoms. The third-order valence-electron chi connectivity index (χ3n) is 3.37. The maximum absolute atomic E-state index is 12.1. The van der Waals surface area contributed by atoms with Gasteiger partial charge in [0.25, 0.3) is 0 Å². The molecule has 0 aromatic carbocycles. The standard InChI is InChI=1S/C14H27N3O2/c1-11(15)5-6-12(18)16-7-9-17(10-8-16)13(19)14(2,3)4/h11H,5-10,15H2,1-4H3. The van der Waals surface area contributed by atoms with Crippen LogP contribution in [0.25, 0.3) is 0 Å². The average molecular weight is 269 g/mol. The zero-order valence-corrected chi connectivity index (χ0v) is 12.6. The van der Waals surface area contributed by atoms with Crippen molar-refractivity contribution in [2.45, 2.75) is 46.6 Å². The van der Waals surface area contributed by atoms with Crippen LogP contribution in [0.5, 0.6) is 0 Å². The molecule has 5 nitrogen and oxygen atoms in total. The molecular weight excluding hydrogens is 242 g/mol. The maximum atomic E-state index is 12.1. The van der Waals surface area contributed by atoms with Gasteiger partial charge in [0, 0.05) is 44.1 Å². The number of nitrogens with two attached hydrogens (primary N) is 1. The second-order valence-electron chi connectivity index (χ2n) is 6.44. The lowest BCUT2D eigenvalue weighted by Gasteiger charge is -2.37. The smallest absolute Gasteiger partial charge is 0.228 e. The molecule has 110 valence electrons. The lowest BCUT2D eigenvalue weighted by Crippen LogP contribution is -2.53. The first kappa shape index (κ1) is 16.0. The predicted octanol–water partition coefficient (Wildman–Crippen LogP) is 0.831. The minimum Gasteiger partial charge on any atom is -0.339 e. The molecule has 0 saturated carbocycles. The van der Waals surface area contributed by atoms with Gasteiger partial charge in [-0.05, 0) is 13.3 Å². The summed E-state index contributed by atoms with van der Waals surface area (Å²) in [6.07, 6.45) is 1.23. The molecule has 1 fully saturated rings. The van der Waals surface area contributed by atoms with Crippen LogP contribution in [0.15, 0.2) is 0 Å². The van der Waals surface area contributed by atoms with Gasteiger partial charge in [0.15, 0.2) is 0 Å². The summed E-state index contributed by atoms with van der Waals surface area (Å²) < 4.78 is 0. The lowest BCUT2D eigenvalue weighted by atomic mass is 9.94.